The maximum absolute atomic E-state index is 13.1. The number of hydrogen-bond acceptors (Lipinski definition) is 5. The van der Waals surface area contributed by atoms with Crippen LogP contribution in [0.3, 0.4) is 0 Å². The Morgan fingerprint density at radius 2 is 2.00 bits per heavy atom. The lowest BCUT2D eigenvalue weighted by Crippen LogP contribution is -2.35. The summed E-state index contributed by atoms with van der Waals surface area (Å²) in [5.74, 6) is -0.101. The summed E-state index contributed by atoms with van der Waals surface area (Å²) in [6.45, 7) is 6.73. The molecule has 2 aromatic heterocycles. The van der Waals surface area contributed by atoms with Crippen LogP contribution in [-0.4, -0.2) is 48.3 Å². The quantitative estimate of drug-likeness (QED) is 0.757. The molecule has 1 aromatic carbocycles. The minimum atomic E-state index is -0.610. The summed E-state index contributed by atoms with van der Waals surface area (Å²) in [6.07, 6.45) is 1.46. The van der Waals surface area contributed by atoms with E-state index in [9.17, 15) is 4.79 Å². The molecule has 0 aliphatic carbocycles. The zero-order chi connectivity index (χ0) is 18.7. The average molecular weight is 353 g/mol. The van der Waals surface area contributed by atoms with Gasteiger partial charge < -0.3 is 4.90 Å². The smallest absolute Gasteiger partial charge is 0.252 e. The molecule has 1 unspecified atom stereocenters. The average Bonchev–Trinajstić information content (AvgIpc) is 3.27. The highest BCUT2D eigenvalue weighted by Gasteiger charge is 2.27. The van der Waals surface area contributed by atoms with Gasteiger partial charge in [0.2, 0.25) is 0 Å². The van der Waals surface area contributed by atoms with E-state index in [4.69, 9.17) is 0 Å². The number of amides is 1. The first kappa shape index (κ1) is 17.8. The lowest BCUT2D eigenvalue weighted by molar-refractivity contribution is -0.133. The molecule has 0 fully saturated rings. The van der Waals surface area contributed by atoms with Crippen molar-refractivity contribution in [2.45, 2.75) is 38.8 Å². The van der Waals surface area contributed by atoms with Crippen LogP contribution in [0.2, 0.25) is 0 Å². The Hall–Kier alpha value is -3.03. The molecule has 0 aliphatic rings. The first-order valence-corrected chi connectivity index (χ1v) is 8.43. The topological polar surface area (TPSA) is 92.6 Å². The molecule has 0 radical (unpaired) electrons. The summed E-state index contributed by atoms with van der Waals surface area (Å²) in [5.41, 5.74) is 2.63. The second-order valence-corrected chi connectivity index (χ2v) is 7.33. The highest BCUT2D eigenvalue weighted by Crippen LogP contribution is 2.22. The molecule has 8 nitrogen and oxygen atoms in total. The van der Waals surface area contributed by atoms with Crippen LogP contribution in [0.1, 0.15) is 43.8 Å². The second-order valence-electron chi connectivity index (χ2n) is 7.33. The van der Waals surface area contributed by atoms with E-state index in [-0.39, 0.29) is 11.3 Å². The summed E-state index contributed by atoms with van der Waals surface area (Å²) in [4.78, 5) is 14.8. The minimum absolute atomic E-state index is 0.0453. The first-order chi connectivity index (χ1) is 12.4. The standard InChI is InChI=1S/C18H23N7O/c1-18(2,3)15-10-14(20-21-15)11-24(4)17(26)16(25-12-19-22-23-25)13-8-6-5-7-9-13/h5-10,12,16H,11H2,1-4H3,(H,20,21). The number of benzene rings is 1. The summed E-state index contributed by atoms with van der Waals surface area (Å²) in [6, 6.07) is 10.9. The van der Waals surface area contributed by atoms with E-state index in [0.29, 0.717) is 6.54 Å². The van der Waals surface area contributed by atoms with Crippen LogP contribution in [0.15, 0.2) is 42.7 Å². The van der Waals surface area contributed by atoms with E-state index in [1.807, 2.05) is 36.4 Å². The van der Waals surface area contributed by atoms with E-state index in [0.717, 1.165) is 17.0 Å². The third kappa shape index (κ3) is 3.79. The largest absolute Gasteiger partial charge is 0.338 e. The van der Waals surface area contributed by atoms with Crippen molar-refractivity contribution >= 4 is 5.91 Å². The van der Waals surface area contributed by atoms with Gasteiger partial charge in [-0.2, -0.15) is 5.10 Å². The van der Waals surface area contributed by atoms with Gasteiger partial charge in [0.1, 0.15) is 6.33 Å². The van der Waals surface area contributed by atoms with Crippen molar-refractivity contribution in [2.75, 3.05) is 7.05 Å². The predicted octanol–water partition coefficient (Wildman–Crippen LogP) is 1.94. The van der Waals surface area contributed by atoms with E-state index >= 15 is 0 Å². The number of tetrazole rings is 1. The van der Waals surface area contributed by atoms with Crippen molar-refractivity contribution in [3.8, 4) is 0 Å². The van der Waals surface area contributed by atoms with Crippen LogP contribution < -0.4 is 0 Å². The number of likely N-dealkylation sites (N-methyl/N-ethyl adjacent to an activating group) is 1. The zero-order valence-corrected chi connectivity index (χ0v) is 15.4. The molecule has 3 aromatic rings. The third-order valence-electron chi connectivity index (χ3n) is 4.16. The van der Waals surface area contributed by atoms with Gasteiger partial charge in [-0.05, 0) is 22.1 Å². The molecule has 1 atom stereocenters. The number of nitrogens with one attached hydrogen (secondary N) is 1. The molecule has 136 valence electrons. The molecule has 8 heteroatoms. The molecule has 0 aliphatic heterocycles. The molecular weight excluding hydrogens is 330 g/mol. The number of aromatic nitrogens is 6. The van der Waals surface area contributed by atoms with Crippen LogP contribution in [0.5, 0.6) is 0 Å². The molecular formula is C18H23N7O. The SMILES string of the molecule is CN(Cc1cc(C(C)(C)C)n[nH]1)C(=O)C(c1ccccc1)n1cnnn1. The molecule has 0 spiro atoms. The normalized spacial score (nSPS) is 12.8. The van der Waals surface area contributed by atoms with Gasteiger partial charge in [0.25, 0.3) is 5.91 Å². The zero-order valence-electron chi connectivity index (χ0n) is 15.4. The Labute approximate surface area is 152 Å². The molecule has 0 saturated carbocycles. The fraction of sp³-hybridized carbons (Fsp3) is 0.389. The Balaban J connectivity index is 1.82. The lowest BCUT2D eigenvalue weighted by Gasteiger charge is -2.23. The summed E-state index contributed by atoms with van der Waals surface area (Å²) >= 11 is 0. The Morgan fingerprint density at radius 3 is 2.58 bits per heavy atom. The highest BCUT2D eigenvalue weighted by molar-refractivity contribution is 5.83. The van der Waals surface area contributed by atoms with Crippen LogP contribution in [-0.2, 0) is 16.8 Å². The fourth-order valence-corrected chi connectivity index (χ4v) is 2.70. The Morgan fingerprint density at radius 1 is 1.27 bits per heavy atom. The minimum Gasteiger partial charge on any atom is -0.338 e. The summed E-state index contributed by atoms with van der Waals surface area (Å²) in [5, 5.41) is 18.6. The van der Waals surface area contributed by atoms with Gasteiger partial charge in [0.05, 0.1) is 17.9 Å². The monoisotopic (exact) mass is 353 g/mol. The van der Waals surface area contributed by atoms with Crippen molar-refractivity contribution in [1.29, 1.82) is 0 Å². The van der Waals surface area contributed by atoms with Crippen molar-refractivity contribution in [1.82, 2.24) is 35.3 Å². The van der Waals surface area contributed by atoms with Gasteiger partial charge in [-0.25, -0.2) is 4.68 Å². The highest BCUT2D eigenvalue weighted by atomic mass is 16.2. The van der Waals surface area contributed by atoms with Gasteiger partial charge in [0, 0.05) is 12.5 Å². The van der Waals surface area contributed by atoms with Crippen LogP contribution in [0.4, 0.5) is 0 Å². The Bertz CT molecular complexity index is 849. The number of hydrogen-bond donors (Lipinski definition) is 1. The molecule has 1 amide bonds. The number of rotatable bonds is 5. The summed E-state index contributed by atoms with van der Waals surface area (Å²) in [7, 11) is 1.76. The lowest BCUT2D eigenvalue weighted by atomic mass is 9.92. The second kappa shape index (κ2) is 7.07. The van der Waals surface area contributed by atoms with Crippen molar-refractivity contribution in [3.63, 3.8) is 0 Å². The van der Waals surface area contributed by atoms with Gasteiger partial charge in [0.15, 0.2) is 6.04 Å². The number of H-pyrrole nitrogens is 1. The van der Waals surface area contributed by atoms with Crippen molar-refractivity contribution < 1.29 is 4.79 Å². The van der Waals surface area contributed by atoms with E-state index in [1.165, 1.54) is 11.0 Å². The van der Waals surface area contributed by atoms with Gasteiger partial charge in [-0.15, -0.1) is 5.10 Å². The molecule has 1 N–H and O–H groups in total. The van der Waals surface area contributed by atoms with Gasteiger partial charge in [-0.1, -0.05) is 51.1 Å². The first-order valence-electron chi connectivity index (χ1n) is 8.43. The fourth-order valence-electron chi connectivity index (χ4n) is 2.70. The molecule has 0 bridgehead atoms. The molecule has 2 heterocycles. The summed E-state index contributed by atoms with van der Waals surface area (Å²) < 4.78 is 1.47. The van der Waals surface area contributed by atoms with E-state index < -0.39 is 6.04 Å². The third-order valence-corrected chi connectivity index (χ3v) is 4.16. The van der Waals surface area contributed by atoms with Crippen molar-refractivity contribution in [2.24, 2.45) is 0 Å². The van der Waals surface area contributed by atoms with Gasteiger partial charge >= 0.3 is 0 Å². The van der Waals surface area contributed by atoms with Crippen LogP contribution in [0, 0.1) is 0 Å². The number of carbonyl (C=O) groups is 1. The maximum atomic E-state index is 13.1. The predicted molar refractivity (Wildman–Crippen MR) is 96.2 cm³/mol. The van der Waals surface area contributed by atoms with Gasteiger partial charge in [-0.3, -0.25) is 9.89 Å². The number of carbonyl (C=O) groups excluding carboxylic acids is 1. The van der Waals surface area contributed by atoms with E-state index in [1.54, 1.807) is 11.9 Å². The maximum Gasteiger partial charge on any atom is 0.252 e. The molecule has 26 heavy (non-hydrogen) atoms. The van der Waals surface area contributed by atoms with Crippen molar-refractivity contribution in [3.05, 3.63) is 59.7 Å². The molecule has 0 saturated heterocycles. The van der Waals surface area contributed by atoms with Crippen LogP contribution in [0.25, 0.3) is 0 Å². The number of nitrogens with zero attached hydrogens (tertiary/aromatic N) is 6. The van der Waals surface area contributed by atoms with E-state index in [2.05, 4.69) is 46.5 Å². The Kier molecular flexibility index (Phi) is 4.83. The molecule has 3 rings (SSSR count). The number of aromatic amines is 1. The van der Waals surface area contributed by atoms with Crippen LogP contribution >= 0.6 is 0 Å².